The number of rotatable bonds is 3. The fraction of sp³-hybridized carbons (Fsp3) is 0.0769. The molecule has 0 radical (unpaired) electrons. The fourth-order valence-electron chi connectivity index (χ4n) is 1.38. The van der Waals surface area contributed by atoms with Crippen LogP contribution in [0.15, 0.2) is 40.9 Å². The molecule has 18 heavy (non-hydrogen) atoms. The highest BCUT2D eigenvalue weighted by molar-refractivity contribution is 9.10. The van der Waals surface area contributed by atoms with E-state index >= 15 is 0 Å². The first-order valence-electron chi connectivity index (χ1n) is 5.13. The molecule has 3 nitrogen and oxygen atoms in total. The molecule has 0 aliphatic carbocycles. The highest BCUT2D eigenvalue weighted by atomic mass is 79.9. The Morgan fingerprint density at radius 2 is 2.11 bits per heavy atom. The maximum Gasteiger partial charge on any atom is 0.216 e. The number of pyridine rings is 1. The molecule has 0 N–H and O–H groups in total. The van der Waals surface area contributed by atoms with Crippen LogP contribution in [0, 0.1) is 11.3 Å². The first kappa shape index (κ1) is 12.9. The Morgan fingerprint density at radius 3 is 2.83 bits per heavy atom. The summed E-state index contributed by atoms with van der Waals surface area (Å²) >= 11 is 9.22. The van der Waals surface area contributed by atoms with E-state index in [-0.39, 0.29) is 5.15 Å². The van der Waals surface area contributed by atoms with Gasteiger partial charge in [-0.1, -0.05) is 45.7 Å². The van der Waals surface area contributed by atoms with E-state index in [9.17, 15) is 0 Å². The van der Waals surface area contributed by atoms with E-state index < -0.39 is 0 Å². The van der Waals surface area contributed by atoms with Gasteiger partial charge in [0.2, 0.25) is 5.88 Å². The molecule has 1 aromatic carbocycles. The smallest absolute Gasteiger partial charge is 0.216 e. The number of benzene rings is 1. The second kappa shape index (κ2) is 5.85. The molecule has 0 saturated carbocycles. The predicted octanol–water partition coefficient (Wildman–Crippen LogP) is 3.95. The second-order valence-electron chi connectivity index (χ2n) is 3.51. The Hall–Kier alpha value is -1.57. The highest BCUT2D eigenvalue weighted by Gasteiger charge is 2.04. The van der Waals surface area contributed by atoms with Gasteiger partial charge in [0.25, 0.3) is 0 Å². The third-order valence-corrected chi connectivity index (χ3v) is 3.20. The van der Waals surface area contributed by atoms with E-state index in [4.69, 9.17) is 21.6 Å². The van der Waals surface area contributed by atoms with Gasteiger partial charge < -0.3 is 4.74 Å². The van der Waals surface area contributed by atoms with Crippen molar-refractivity contribution in [1.82, 2.24) is 4.98 Å². The van der Waals surface area contributed by atoms with Crippen LogP contribution in [0.2, 0.25) is 5.15 Å². The van der Waals surface area contributed by atoms with Crippen molar-refractivity contribution in [3.8, 4) is 11.9 Å². The number of halogens is 2. The van der Waals surface area contributed by atoms with Crippen LogP contribution >= 0.6 is 27.5 Å². The zero-order chi connectivity index (χ0) is 13.0. The Bertz CT molecular complexity index is 610. The van der Waals surface area contributed by atoms with E-state index in [1.807, 2.05) is 30.3 Å². The average Bonchev–Trinajstić information content (AvgIpc) is 2.37. The van der Waals surface area contributed by atoms with E-state index in [1.165, 1.54) is 6.07 Å². The molecule has 0 atom stereocenters. The molecule has 0 spiro atoms. The van der Waals surface area contributed by atoms with Gasteiger partial charge in [-0.15, -0.1) is 0 Å². The highest BCUT2D eigenvalue weighted by Crippen LogP contribution is 2.20. The zero-order valence-electron chi connectivity index (χ0n) is 9.23. The first-order chi connectivity index (χ1) is 8.69. The normalized spacial score (nSPS) is 9.83. The molecule has 5 heteroatoms. The van der Waals surface area contributed by atoms with Gasteiger partial charge in [-0.3, -0.25) is 0 Å². The fourth-order valence-corrected chi connectivity index (χ4v) is 1.98. The Labute approximate surface area is 118 Å². The lowest BCUT2D eigenvalue weighted by Crippen LogP contribution is -1.98. The van der Waals surface area contributed by atoms with Crippen LogP contribution in [0.4, 0.5) is 0 Å². The Balaban J connectivity index is 2.14. The molecular weight excluding hydrogens is 316 g/mol. The molecule has 1 heterocycles. The van der Waals surface area contributed by atoms with E-state index in [0.29, 0.717) is 18.1 Å². The molecule has 0 aliphatic rings. The predicted molar refractivity (Wildman–Crippen MR) is 72.4 cm³/mol. The molecule has 90 valence electrons. The van der Waals surface area contributed by atoms with Crippen molar-refractivity contribution in [3.63, 3.8) is 0 Å². The SMILES string of the molecule is N#Cc1cc(Cl)nc(OCc2ccccc2Br)c1. The van der Waals surface area contributed by atoms with Gasteiger partial charge in [0.15, 0.2) is 0 Å². The average molecular weight is 324 g/mol. The quantitative estimate of drug-likeness (QED) is 0.804. The van der Waals surface area contributed by atoms with Crippen LogP contribution in [0.1, 0.15) is 11.1 Å². The number of aromatic nitrogens is 1. The first-order valence-corrected chi connectivity index (χ1v) is 6.30. The monoisotopic (exact) mass is 322 g/mol. The molecule has 0 unspecified atom stereocenters. The van der Waals surface area contributed by atoms with Crippen molar-refractivity contribution in [2.45, 2.75) is 6.61 Å². The molecule has 1 aromatic heterocycles. The number of nitriles is 1. The molecule has 0 bridgehead atoms. The summed E-state index contributed by atoms with van der Waals surface area (Å²) in [5.41, 5.74) is 1.43. The van der Waals surface area contributed by atoms with Gasteiger partial charge in [0.05, 0.1) is 11.6 Å². The van der Waals surface area contributed by atoms with E-state index in [0.717, 1.165) is 10.0 Å². The van der Waals surface area contributed by atoms with Crippen LogP contribution in [-0.2, 0) is 6.61 Å². The number of nitrogens with zero attached hydrogens (tertiary/aromatic N) is 2. The van der Waals surface area contributed by atoms with Crippen molar-refractivity contribution in [2.75, 3.05) is 0 Å². The van der Waals surface area contributed by atoms with Gasteiger partial charge in [-0.05, 0) is 12.1 Å². The minimum Gasteiger partial charge on any atom is -0.473 e. The lowest BCUT2D eigenvalue weighted by molar-refractivity contribution is 0.293. The molecule has 0 fully saturated rings. The van der Waals surface area contributed by atoms with Crippen molar-refractivity contribution >= 4 is 27.5 Å². The lowest BCUT2D eigenvalue weighted by atomic mass is 10.2. The summed E-state index contributed by atoms with van der Waals surface area (Å²) in [7, 11) is 0. The van der Waals surface area contributed by atoms with Gasteiger partial charge in [-0.25, -0.2) is 4.98 Å². The van der Waals surface area contributed by atoms with Crippen LogP contribution in [0.3, 0.4) is 0 Å². The summed E-state index contributed by atoms with van der Waals surface area (Å²) in [5.74, 6) is 0.342. The van der Waals surface area contributed by atoms with Crippen LogP contribution in [0.5, 0.6) is 5.88 Å². The third-order valence-electron chi connectivity index (χ3n) is 2.23. The van der Waals surface area contributed by atoms with E-state index in [1.54, 1.807) is 6.07 Å². The van der Waals surface area contributed by atoms with Crippen LogP contribution in [0.25, 0.3) is 0 Å². The molecule has 0 saturated heterocycles. The van der Waals surface area contributed by atoms with E-state index in [2.05, 4.69) is 20.9 Å². The molecule has 0 aliphatic heterocycles. The number of hydrogen-bond donors (Lipinski definition) is 0. The summed E-state index contributed by atoms with van der Waals surface area (Å²) < 4.78 is 6.48. The minimum atomic E-state index is 0.246. The standard InChI is InChI=1S/C13H8BrClN2O/c14-11-4-2-1-3-10(11)8-18-13-6-9(7-16)5-12(15)17-13/h1-6H,8H2. The van der Waals surface area contributed by atoms with Crippen molar-refractivity contribution < 1.29 is 4.74 Å². The minimum absolute atomic E-state index is 0.246. The van der Waals surface area contributed by atoms with Crippen LogP contribution in [-0.4, -0.2) is 4.98 Å². The summed E-state index contributed by atoms with van der Waals surface area (Å²) in [6.07, 6.45) is 0. The van der Waals surface area contributed by atoms with Gasteiger partial charge in [-0.2, -0.15) is 5.26 Å². The molecule has 0 amide bonds. The molecule has 2 aromatic rings. The van der Waals surface area contributed by atoms with Crippen molar-refractivity contribution in [2.24, 2.45) is 0 Å². The maximum atomic E-state index is 8.82. The number of ether oxygens (including phenoxy) is 1. The molecular formula is C13H8BrClN2O. The van der Waals surface area contributed by atoms with Gasteiger partial charge in [0, 0.05) is 16.1 Å². The lowest BCUT2D eigenvalue weighted by Gasteiger charge is -2.07. The zero-order valence-corrected chi connectivity index (χ0v) is 11.6. The summed E-state index contributed by atoms with van der Waals surface area (Å²) in [4.78, 5) is 4.00. The van der Waals surface area contributed by atoms with Crippen LogP contribution < -0.4 is 4.74 Å². The summed E-state index contributed by atoms with van der Waals surface area (Å²) in [6, 6.07) is 12.8. The van der Waals surface area contributed by atoms with Crippen molar-refractivity contribution in [1.29, 1.82) is 5.26 Å². The summed E-state index contributed by atoms with van der Waals surface area (Å²) in [6.45, 7) is 0.361. The largest absolute Gasteiger partial charge is 0.473 e. The summed E-state index contributed by atoms with van der Waals surface area (Å²) in [5, 5.41) is 9.06. The Morgan fingerprint density at radius 1 is 1.33 bits per heavy atom. The van der Waals surface area contributed by atoms with Gasteiger partial charge in [0.1, 0.15) is 11.8 Å². The topological polar surface area (TPSA) is 45.9 Å². The second-order valence-corrected chi connectivity index (χ2v) is 4.75. The van der Waals surface area contributed by atoms with Gasteiger partial charge >= 0.3 is 0 Å². The van der Waals surface area contributed by atoms with Crippen molar-refractivity contribution in [3.05, 3.63) is 57.2 Å². The third kappa shape index (κ3) is 3.22. The maximum absolute atomic E-state index is 8.82. The number of hydrogen-bond acceptors (Lipinski definition) is 3. The molecule has 2 rings (SSSR count). The Kier molecular flexibility index (Phi) is 4.19.